The molecule has 1 aromatic heterocycles. The minimum absolute atomic E-state index is 0.161. The van der Waals surface area contributed by atoms with Gasteiger partial charge in [-0.05, 0) is 112 Å². The monoisotopic (exact) mass is 774 g/mol. The Labute approximate surface area is 320 Å². The van der Waals surface area contributed by atoms with Crippen molar-refractivity contribution in [2.45, 2.75) is 76.3 Å². The first kappa shape index (κ1) is 39.7. The molecule has 55 heavy (non-hydrogen) atoms. The highest BCUT2D eigenvalue weighted by Gasteiger charge is 2.31. The number of H-pyrrole nitrogens is 2. The maximum atomic E-state index is 14.0. The Balaban J connectivity index is 1.18. The van der Waals surface area contributed by atoms with Crippen LogP contribution in [0.1, 0.15) is 57.6 Å². The van der Waals surface area contributed by atoms with E-state index in [1.165, 1.54) is 4.31 Å². The van der Waals surface area contributed by atoms with Gasteiger partial charge in [-0.25, -0.2) is 18.0 Å². The molecule has 0 bridgehead atoms. The standard InChI is InChI=1S/C40H50N6O8S/c1-25-8-14-31(55(51,52)46-16-18-53-19-17-46)23-32(25)29-7-5-6-27(20-29)21-35(37(48)42-30-13-15-33-34(22-30)45-38(49)44-33)43-36(47)28-11-9-26(10-12-28)24-41-39(50)54-40(2,3)4/h5-8,13-15,20,22-23,26,28,35H,9-12,16-19,21,24H2,1-4H3,(H,41,50)(H,42,48)(H,43,47)(H2,44,45,49)/t26?,28?,35-/m0/s1. The number of hydrogen-bond acceptors (Lipinski definition) is 8. The van der Waals surface area contributed by atoms with Gasteiger partial charge in [-0.2, -0.15) is 4.31 Å². The third-order valence-corrected chi connectivity index (χ3v) is 12.0. The average molecular weight is 775 g/mol. The highest BCUT2D eigenvalue weighted by Crippen LogP contribution is 2.31. The van der Waals surface area contributed by atoms with Gasteiger partial charge in [0.25, 0.3) is 0 Å². The minimum Gasteiger partial charge on any atom is -0.444 e. The van der Waals surface area contributed by atoms with E-state index < -0.39 is 33.7 Å². The zero-order chi connectivity index (χ0) is 39.3. The summed E-state index contributed by atoms with van der Waals surface area (Å²) in [5.41, 5.74) is 3.80. The van der Waals surface area contributed by atoms with Gasteiger partial charge in [0.15, 0.2) is 0 Å². The number of imidazole rings is 1. The Morgan fingerprint density at radius 3 is 2.40 bits per heavy atom. The number of fused-ring (bicyclic) bond motifs is 1. The predicted molar refractivity (Wildman–Crippen MR) is 209 cm³/mol. The lowest BCUT2D eigenvalue weighted by Gasteiger charge is -2.29. The molecule has 0 radical (unpaired) electrons. The number of amides is 3. The Bertz CT molecular complexity index is 2190. The van der Waals surface area contributed by atoms with Crippen molar-refractivity contribution in [2.24, 2.45) is 11.8 Å². The molecule has 0 unspecified atom stereocenters. The second kappa shape index (κ2) is 16.8. The fraction of sp³-hybridized carbons (Fsp3) is 0.450. The lowest BCUT2D eigenvalue weighted by Crippen LogP contribution is -2.48. The molecule has 3 amide bonds. The molecule has 2 heterocycles. The van der Waals surface area contributed by atoms with E-state index in [1.54, 1.807) is 36.4 Å². The molecule has 1 atom stereocenters. The molecular formula is C40H50N6O8S. The summed E-state index contributed by atoms with van der Waals surface area (Å²) in [7, 11) is -3.73. The van der Waals surface area contributed by atoms with Crippen LogP contribution in [0.25, 0.3) is 22.2 Å². The van der Waals surface area contributed by atoms with E-state index in [2.05, 4.69) is 25.9 Å². The Morgan fingerprint density at radius 2 is 1.67 bits per heavy atom. The lowest BCUT2D eigenvalue weighted by molar-refractivity contribution is -0.130. The van der Waals surface area contributed by atoms with E-state index in [9.17, 15) is 27.6 Å². The predicted octanol–water partition coefficient (Wildman–Crippen LogP) is 4.85. The van der Waals surface area contributed by atoms with Crippen LogP contribution < -0.4 is 21.6 Å². The number of hydrogen-bond donors (Lipinski definition) is 5. The van der Waals surface area contributed by atoms with Crippen molar-refractivity contribution in [3.8, 4) is 11.1 Å². The normalized spacial score (nSPS) is 18.7. The van der Waals surface area contributed by atoms with Crippen molar-refractivity contribution in [1.29, 1.82) is 0 Å². The molecule has 1 saturated heterocycles. The molecule has 3 aromatic carbocycles. The molecule has 1 aliphatic heterocycles. The van der Waals surface area contributed by atoms with Gasteiger partial charge in [-0.3, -0.25) is 9.59 Å². The molecule has 4 aromatic rings. The van der Waals surface area contributed by atoms with Crippen LogP contribution in [-0.4, -0.2) is 85.1 Å². The maximum absolute atomic E-state index is 14.0. The number of aryl methyl sites for hydroxylation is 1. The van der Waals surface area contributed by atoms with E-state index in [4.69, 9.17) is 9.47 Å². The summed E-state index contributed by atoms with van der Waals surface area (Å²) in [5.74, 6) is -0.753. The van der Waals surface area contributed by atoms with Crippen molar-refractivity contribution in [3.05, 3.63) is 82.3 Å². The van der Waals surface area contributed by atoms with Gasteiger partial charge in [-0.15, -0.1) is 0 Å². The molecule has 1 aliphatic carbocycles. The number of ether oxygens (including phenoxy) is 2. The number of anilines is 1. The van der Waals surface area contributed by atoms with Crippen molar-refractivity contribution in [1.82, 2.24) is 24.9 Å². The maximum Gasteiger partial charge on any atom is 0.407 e. The highest BCUT2D eigenvalue weighted by molar-refractivity contribution is 7.89. The molecule has 2 aliphatic rings. The number of carbonyl (C=O) groups excluding carboxylic acids is 3. The van der Waals surface area contributed by atoms with Crippen LogP contribution in [0.5, 0.6) is 0 Å². The summed E-state index contributed by atoms with van der Waals surface area (Å²) >= 11 is 0. The first-order valence-electron chi connectivity index (χ1n) is 18.7. The number of sulfonamides is 1. The summed E-state index contributed by atoms with van der Waals surface area (Å²) in [6.45, 7) is 9.09. The third-order valence-electron chi connectivity index (χ3n) is 10.1. The zero-order valence-corrected chi connectivity index (χ0v) is 32.5. The van der Waals surface area contributed by atoms with Gasteiger partial charge < -0.3 is 35.4 Å². The SMILES string of the molecule is Cc1ccc(S(=O)(=O)N2CCOCC2)cc1-c1cccc(C[C@H](NC(=O)C2CCC(CNC(=O)OC(C)(C)C)CC2)C(=O)Nc2ccc3[nH]c(=O)[nH]c3c2)c1. The van der Waals surface area contributed by atoms with Crippen molar-refractivity contribution >= 4 is 44.7 Å². The summed E-state index contributed by atoms with van der Waals surface area (Å²) in [4.78, 5) is 57.3. The summed E-state index contributed by atoms with van der Waals surface area (Å²) in [5, 5.41) is 8.77. The van der Waals surface area contributed by atoms with Gasteiger partial charge in [0.05, 0.1) is 29.1 Å². The van der Waals surface area contributed by atoms with Crippen LogP contribution in [0.2, 0.25) is 0 Å². The fourth-order valence-corrected chi connectivity index (χ4v) is 8.55. The quantitative estimate of drug-likeness (QED) is 0.143. The van der Waals surface area contributed by atoms with Crippen molar-refractivity contribution in [3.63, 3.8) is 0 Å². The number of rotatable bonds is 11. The highest BCUT2D eigenvalue weighted by atomic mass is 32.2. The summed E-state index contributed by atoms with van der Waals surface area (Å²) < 4.78 is 39.1. The number of alkyl carbamates (subject to hydrolysis) is 1. The molecule has 6 rings (SSSR count). The number of nitrogens with zero attached hydrogens (tertiary/aromatic N) is 1. The third kappa shape index (κ3) is 10.2. The number of carbonyl (C=O) groups is 3. The number of aromatic nitrogens is 2. The van der Waals surface area contributed by atoms with Crippen molar-refractivity contribution in [2.75, 3.05) is 38.2 Å². The minimum atomic E-state index is -3.73. The second-order valence-corrected chi connectivity index (χ2v) is 17.3. The first-order valence-corrected chi connectivity index (χ1v) is 20.2. The van der Waals surface area contributed by atoms with Crippen LogP contribution in [-0.2, 0) is 35.5 Å². The number of aromatic amines is 2. The average Bonchev–Trinajstić information content (AvgIpc) is 3.53. The topological polar surface area (TPSA) is 192 Å². The second-order valence-electron chi connectivity index (χ2n) is 15.4. The molecule has 294 valence electrons. The first-order chi connectivity index (χ1) is 26.1. The van der Waals surface area contributed by atoms with Gasteiger partial charge in [0.2, 0.25) is 21.8 Å². The van der Waals surface area contributed by atoms with Gasteiger partial charge in [-0.1, -0.05) is 30.3 Å². The van der Waals surface area contributed by atoms with E-state index in [0.29, 0.717) is 62.4 Å². The van der Waals surface area contributed by atoms with Crippen LogP contribution >= 0.6 is 0 Å². The Hall–Kier alpha value is -4.99. The van der Waals surface area contributed by atoms with E-state index in [1.807, 2.05) is 52.0 Å². The molecular weight excluding hydrogens is 725 g/mol. The lowest BCUT2D eigenvalue weighted by atomic mass is 9.81. The Morgan fingerprint density at radius 1 is 0.945 bits per heavy atom. The van der Waals surface area contributed by atoms with E-state index in [-0.39, 0.29) is 34.7 Å². The van der Waals surface area contributed by atoms with Crippen molar-refractivity contribution < 1.29 is 32.3 Å². The largest absolute Gasteiger partial charge is 0.444 e. The van der Waals surface area contributed by atoms with Crippen LogP contribution in [0, 0.1) is 18.8 Å². The molecule has 0 spiro atoms. The van der Waals surface area contributed by atoms with E-state index in [0.717, 1.165) is 35.1 Å². The molecule has 2 fully saturated rings. The zero-order valence-electron chi connectivity index (χ0n) is 31.7. The number of morpholine rings is 1. The summed E-state index contributed by atoms with van der Waals surface area (Å²) in [6, 6.07) is 16.7. The smallest absolute Gasteiger partial charge is 0.407 e. The molecule has 5 N–H and O–H groups in total. The van der Waals surface area contributed by atoms with E-state index >= 15 is 0 Å². The number of benzene rings is 3. The molecule has 1 saturated carbocycles. The summed E-state index contributed by atoms with van der Waals surface area (Å²) in [6.07, 6.45) is 2.39. The van der Waals surface area contributed by atoms with Gasteiger partial charge in [0, 0.05) is 37.7 Å². The fourth-order valence-electron chi connectivity index (χ4n) is 7.12. The van der Waals surface area contributed by atoms with Crippen LogP contribution in [0.4, 0.5) is 10.5 Å². The van der Waals surface area contributed by atoms with Crippen LogP contribution in [0.15, 0.2) is 70.4 Å². The van der Waals surface area contributed by atoms with Gasteiger partial charge >= 0.3 is 11.8 Å². The molecule has 14 nitrogen and oxygen atoms in total. The van der Waals surface area contributed by atoms with Crippen LogP contribution in [0.3, 0.4) is 0 Å². The Kier molecular flexibility index (Phi) is 12.1. The number of nitrogens with one attached hydrogen (secondary N) is 5. The molecule has 15 heteroatoms. The van der Waals surface area contributed by atoms with Gasteiger partial charge in [0.1, 0.15) is 11.6 Å².